The van der Waals surface area contributed by atoms with Gasteiger partial charge in [0.05, 0.1) is 0 Å². The van der Waals surface area contributed by atoms with Gasteiger partial charge < -0.3 is 10.5 Å². The second kappa shape index (κ2) is 5.78. The standard InChI is InChI=1S/C9H11F2NO.ClH/c1-6(12)7-4-2-3-5-8(7)13-9(10)11;/h2-6,9H,12H2,1H3;1H. The zero-order valence-electron chi connectivity index (χ0n) is 7.61. The van der Waals surface area contributed by atoms with Crippen molar-refractivity contribution in [2.45, 2.75) is 19.6 Å². The minimum Gasteiger partial charge on any atom is -0.434 e. The van der Waals surface area contributed by atoms with Crippen molar-refractivity contribution in [3.05, 3.63) is 29.8 Å². The molecular formula is C9H12ClF2NO. The van der Waals surface area contributed by atoms with Crippen LogP contribution in [-0.2, 0) is 0 Å². The lowest BCUT2D eigenvalue weighted by Gasteiger charge is -2.12. The number of benzene rings is 1. The van der Waals surface area contributed by atoms with Crippen LogP contribution in [0.2, 0.25) is 0 Å². The van der Waals surface area contributed by atoms with E-state index in [1.807, 2.05) is 0 Å². The number of alkyl halides is 2. The molecule has 1 aromatic rings. The molecular weight excluding hydrogens is 212 g/mol. The van der Waals surface area contributed by atoms with Gasteiger partial charge in [0, 0.05) is 11.6 Å². The number of ether oxygens (including phenoxy) is 1. The van der Waals surface area contributed by atoms with Crippen LogP contribution in [-0.4, -0.2) is 6.61 Å². The predicted molar refractivity (Wildman–Crippen MR) is 52.9 cm³/mol. The Morgan fingerprint density at radius 2 is 1.86 bits per heavy atom. The minimum atomic E-state index is -2.81. The Hall–Kier alpha value is -0.870. The second-order valence-electron chi connectivity index (χ2n) is 2.71. The summed E-state index contributed by atoms with van der Waals surface area (Å²) in [4.78, 5) is 0. The maximum absolute atomic E-state index is 11.9. The van der Waals surface area contributed by atoms with Crippen molar-refractivity contribution in [3.8, 4) is 5.75 Å². The molecule has 2 nitrogen and oxygen atoms in total. The van der Waals surface area contributed by atoms with Gasteiger partial charge in [-0.25, -0.2) is 0 Å². The highest BCUT2D eigenvalue weighted by molar-refractivity contribution is 5.85. The third-order valence-corrected chi connectivity index (χ3v) is 1.63. The smallest absolute Gasteiger partial charge is 0.387 e. The van der Waals surface area contributed by atoms with Crippen molar-refractivity contribution in [1.29, 1.82) is 0 Å². The maximum Gasteiger partial charge on any atom is 0.387 e. The van der Waals surface area contributed by atoms with Crippen LogP contribution in [0.1, 0.15) is 18.5 Å². The van der Waals surface area contributed by atoms with Crippen LogP contribution in [0.25, 0.3) is 0 Å². The minimum absolute atomic E-state index is 0. The number of nitrogens with two attached hydrogens (primary N) is 1. The van der Waals surface area contributed by atoms with E-state index in [0.29, 0.717) is 5.56 Å². The molecule has 0 aliphatic rings. The summed E-state index contributed by atoms with van der Waals surface area (Å²) in [5.41, 5.74) is 6.15. The van der Waals surface area contributed by atoms with Crippen molar-refractivity contribution in [1.82, 2.24) is 0 Å². The first kappa shape index (κ1) is 13.1. The van der Waals surface area contributed by atoms with E-state index in [4.69, 9.17) is 5.73 Å². The summed E-state index contributed by atoms with van der Waals surface area (Å²) in [6.07, 6.45) is 0. The molecule has 0 aliphatic carbocycles. The Balaban J connectivity index is 0.00000169. The zero-order chi connectivity index (χ0) is 9.84. The molecule has 2 N–H and O–H groups in total. The summed E-state index contributed by atoms with van der Waals surface area (Å²) in [6, 6.07) is 6.20. The average Bonchev–Trinajstić information content (AvgIpc) is 2.03. The molecule has 80 valence electrons. The molecule has 0 aromatic heterocycles. The summed E-state index contributed by atoms with van der Waals surface area (Å²) < 4.78 is 28.1. The van der Waals surface area contributed by atoms with Crippen LogP contribution in [0.5, 0.6) is 5.75 Å². The van der Waals surface area contributed by atoms with E-state index < -0.39 is 6.61 Å². The van der Waals surface area contributed by atoms with E-state index in [0.717, 1.165) is 0 Å². The van der Waals surface area contributed by atoms with Gasteiger partial charge in [-0.2, -0.15) is 8.78 Å². The first-order valence-corrected chi connectivity index (χ1v) is 3.90. The van der Waals surface area contributed by atoms with Gasteiger partial charge in [0.15, 0.2) is 0 Å². The van der Waals surface area contributed by atoms with E-state index in [-0.39, 0.29) is 24.2 Å². The van der Waals surface area contributed by atoms with Gasteiger partial charge >= 0.3 is 6.61 Å². The fourth-order valence-corrected chi connectivity index (χ4v) is 1.06. The molecule has 14 heavy (non-hydrogen) atoms. The molecule has 0 bridgehead atoms. The van der Waals surface area contributed by atoms with Gasteiger partial charge in [-0.3, -0.25) is 0 Å². The third-order valence-electron chi connectivity index (χ3n) is 1.63. The van der Waals surface area contributed by atoms with Crippen LogP contribution in [0.15, 0.2) is 24.3 Å². The van der Waals surface area contributed by atoms with Crippen LogP contribution < -0.4 is 10.5 Å². The molecule has 0 spiro atoms. The Labute approximate surface area is 87.5 Å². The molecule has 0 fully saturated rings. The van der Waals surface area contributed by atoms with Crippen molar-refractivity contribution in [2.24, 2.45) is 5.73 Å². The second-order valence-corrected chi connectivity index (χ2v) is 2.71. The number of rotatable bonds is 3. The van der Waals surface area contributed by atoms with E-state index in [1.165, 1.54) is 6.07 Å². The van der Waals surface area contributed by atoms with Gasteiger partial charge in [0.1, 0.15) is 5.75 Å². The highest BCUT2D eigenvalue weighted by Gasteiger charge is 2.10. The molecule has 0 saturated heterocycles. The van der Waals surface area contributed by atoms with E-state index >= 15 is 0 Å². The number of hydrogen-bond donors (Lipinski definition) is 1. The highest BCUT2D eigenvalue weighted by Crippen LogP contribution is 2.24. The average molecular weight is 224 g/mol. The summed E-state index contributed by atoms with van der Waals surface area (Å²) in [7, 11) is 0. The van der Waals surface area contributed by atoms with Crippen molar-refractivity contribution < 1.29 is 13.5 Å². The maximum atomic E-state index is 11.9. The zero-order valence-corrected chi connectivity index (χ0v) is 8.43. The Bertz CT molecular complexity index is 281. The van der Waals surface area contributed by atoms with Crippen molar-refractivity contribution in [3.63, 3.8) is 0 Å². The lowest BCUT2D eigenvalue weighted by atomic mass is 10.1. The van der Waals surface area contributed by atoms with Crippen LogP contribution in [0.4, 0.5) is 8.78 Å². The van der Waals surface area contributed by atoms with Crippen molar-refractivity contribution >= 4 is 12.4 Å². The molecule has 1 atom stereocenters. The first-order valence-electron chi connectivity index (χ1n) is 3.90. The number of hydrogen-bond acceptors (Lipinski definition) is 2. The van der Waals surface area contributed by atoms with Crippen LogP contribution >= 0.6 is 12.4 Å². The van der Waals surface area contributed by atoms with Gasteiger partial charge in [-0.05, 0) is 13.0 Å². The fraction of sp³-hybridized carbons (Fsp3) is 0.333. The Kier molecular flexibility index (Phi) is 5.42. The van der Waals surface area contributed by atoms with E-state index in [1.54, 1.807) is 25.1 Å². The van der Waals surface area contributed by atoms with Gasteiger partial charge in [-0.1, -0.05) is 18.2 Å². The molecule has 5 heteroatoms. The molecule has 0 saturated carbocycles. The molecule has 0 heterocycles. The molecule has 1 rings (SSSR count). The molecule has 0 amide bonds. The molecule has 1 aromatic carbocycles. The highest BCUT2D eigenvalue weighted by atomic mass is 35.5. The van der Waals surface area contributed by atoms with E-state index in [9.17, 15) is 8.78 Å². The molecule has 0 radical (unpaired) electrons. The van der Waals surface area contributed by atoms with Crippen molar-refractivity contribution in [2.75, 3.05) is 0 Å². The topological polar surface area (TPSA) is 35.2 Å². The fourth-order valence-electron chi connectivity index (χ4n) is 1.06. The molecule has 1 unspecified atom stereocenters. The normalized spacial score (nSPS) is 12.1. The first-order chi connectivity index (χ1) is 6.11. The van der Waals surface area contributed by atoms with Crippen LogP contribution in [0, 0.1) is 0 Å². The lowest BCUT2D eigenvalue weighted by Crippen LogP contribution is -2.10. The third kappa shape index (κ3) is 3.47. The quantitative estimate of drug-likeness (QED) is 0.855. The summed E-state index contributed by atoms with van der Waals surface area (Å²) >= 11 is 0. The number of para-hydroxylation sites is 1. The Morgan fingerprint density at radius 3 is 2.36 bits per heavy atom. The van der Waals surface area contributed by atoms with Gasteiger partial charge in [0.25, 0.3) is 0 Å². The summed E-state index contributed by atoms with van der Waals surface area (Å²) in [5, 5.41) is 0. The largest absolute Gasteiger partial charge is 0.434 e. The summed E-state index contributed by atoms with van der Waals surface area (Å²) in [5.74, 6) is 0.146. The van der Waals surface area contributed by atoms with Gasteiger partial charge in [0.2, 0.25) is 0 Å². The Morgan fingerprint density at radius 1 is 1.29 bits per heavy atom. The molecule has 0 aliphatic heterocycles. The van der Waals surface area contributed by atoms with Gasteiger partial charge in [-0.15, -0.1) is 12.4 Å². The number of halogens is 3. The monoisotopic (exact) mass is 223 g/mol. The van der Waals surface area contributed by atoms with E-state index in [2.05, 4.69) is 4.74 Å². The lowest BCUT2D eigenvalue weighted by molar-refractivity contribution is -0.0505. The van der Waals surface area contributed by atoms with Crippen LogP contribution in [0.3, 0.4) is 0 Å². The summed E-state index contributed by atoms with van der Waals surface area (Å²) in [6.45, 7) is -1.09. The SMILES string of the molecule is CC(N)c1ccccc1OC(F)F.Cl. The predicted octanol–water partition coefficient (Wildman–Crippen LogP) is 2.73.